The third-order valence-electron chi connectivity index (χ3n) is 6.13. The van der Waals surface area contributed by atoms with Crippen molar-refractivity contribution in [2.24, 2.45) is 16.9 Å². The number of allylic oxidation sites excluding steroid dienone is 3. The molecule has 1 aromatic rings. The maximum Gasteiger partial charge on any atom is 0.313 e. The summed E-state index contributed by atoms with van der Waals surface area (Å²) in [5, 5.41) is 21.4. The van der Waals surface area contributed by atoms with Gasteiger partial charge in [0, 0.05) is 36.6 Å². The number of aromatic nitrogens is 4. The second-order valence-corrected chi connectivity index (χ2v) is 10.5. The van der Waals surface area contributed by atoms with Gasteiger partial charge < -0.3 is 21.5 Å². The Kier molecular flexibility index (Phi) is 7.47. The highest BCUT2D eigenvalue weighted by molar-refractivity contribution is 8.00. The second kappa shape index (κ2) is 10.4. The number of rotatable bonds is 10. The standard InChI is InChI=1S/C20H26N8O5S2/c21-8-14(30)28(12-4-2-1-3-5-12)15-16(31)26-9-20(18(32)33,10-34-17(15)26)11-35-19-23-24-25-27(19)7-6-13(22)29/h1-2,5,15,17H,3-4,6-11,21H2,(H2,22,29)(H,32,33)/t15?,17-,20?/m1/s1. The minimum Gasteiger partial charge on any atom is -0.481 e. The number of carboxylic acid groups (broad SMARTS) is 1. The maximum atomic E-state index is 13.2. The number of β-lactam (4-membered cyclic amide) rings is 1. The summed E-state index contributed by atoms with van der Waals surface area (Å²) in [7, 11) is 0. The van der Waals surface area contributed by atoms with Crippen LogP contribution in [-0.4, -0.2) is 94.8 Å². The number of primary amides is 1. The number of fused-ring (bicyclic) bond motifs is 1. The number of amides is 3. The molecule has 0 spiro atoms. The van der Waals surface area contributed by atoms with Crippen molar-refractivity contribution in [2.45, 2.75) is 42.4 Å². The molecule has 2 fully saturated rings. The number of nitrogens with two attached hydrogens (primary N) is 2. The quantitative estimate of drug-likeness (QED) is 0.194. The third-order valence-corrected chi connectivity index (χ3v) is 8.95. The number of nitrogens with zero attached hydrogens (tertiary/aromatic N) is 6. The Balaban J connectivity index is 1.47. The zero-order valence-corrected chi connectivity index (χ0v) is 20.4. The van der Waals surface area contributed by atoms with Crippen molar-refractivity contribution in [3.8, 4) is 0 Å². The van der Waals surface area contributed by atoms with Crippen LogP contribution in [0.4, 0.5) is 0 Å². The van der Waals surface area contributed by atoms with Crippen LogP contribution in [0.1, 0.15) is 19.3 Å². The Morgan fingerprint density at radius 2 is 2.14 bits per heavy atom. The van der Waals surface area contributed by atoms with E-state index in [9.17, 15) is 24.3 Å². The molecular formula is C20H26N8O5S2. The molecule has 0 bridgehead atoms. The van der Waals surface area contributed by atoms with E-state index in [1.54, 1.807) is 0 Å². The average Bonchev–Trinajstić information content (AvgIpc) is 3.31. The van der Waals surface area contributed by atoms with Crippen LogP contribution in [-0.2, 0) is 25.7 Å². The van der Waals surface area contributed by atoms with E-state index < -0.39 is 23.3 Å². The Morgan fingerprint density at radius 1 is 1.34 bits per heavy atom. The van der Waals surface area contributed by atoms with Crippen LogP contribution >= 0.6 is 23.5 Å². The lowest BCUT2D eigenvalue weighted by Crippen LogP contribution is -2.74. The molecule has 5 N–H and O–H groups in total. The van der Waals surface area contributed by atoms with Crippen LogP contribution in [0.5, 0.6) is 0 Å². The second-order valence-electron chi connectivity index (χ2n) is 8.46. The molecule has 3 amide bonds. The highest BCUT2D eigenvalue weighted by atomic mass is 32.2. The molecule has 3 aliphatic rings. The van der Waals surface area contributed by atoms with E-state index in [1.807, 2.05) is 18.2 Å². The number of hydrogen-bond donors (Lipinski definition) is 3. The monoisotopic (exact) mass is 522 g/mol. The van der Waals surface area contributed by atoms with Gasteiger partial charge in [0.15, 0.2) is 0 Å². The lowest BCUT2D eigenvalue weighted by Gasteiger charge is -2.56. The number of carbonyl (C=O) groups excluding carboxylic acids is 3. The van der Waals surface area contributed by atoms with Gasteiger partial charge in [-0.05, 0) is 16.8 Å². The predicted molar refractivity (Wildman–Crippen MR) is 127 cm³/mol. The zero-order valence-electron chi connectivity index (χ0n) is 18.8. The first kappa shape index (κ1) is 25.2. The van der Waals surface area contributed by atoms with Gasteiger partial charge in [-0.15, -0.1) is 16.9 Å². The van der Waals surface area contributed by atoms with Gasteiger partial charge >= 0.3 is 5.97 Å². The van der Waals surface area contributed by atoms with Crippen molar-refractivity contribution in [3.05, 3.63) is 23.9 Å². The highest BCUT2D eigenvalue weighted by Crippen LogP contribution is 2.46. The van der Waals surface area contributed by atoms with Crippen LogP contribution in [0.25, 0.3) is 0 Å². The topological polar surface area (TPSA) is 191 Å². The van der Waals surface area contributed by atoms with E-state index in [1.165, 1.54) is 26.2 Å². The number of hydrogen-bond acceptors (Lipinski definition) is 10. The Hall–Kier alpha value is -2.91. The van der Waals surface area contributed by atoms with E-state index in [4.69, 9.17) is 11.5 Å². The summed E-state index contributed by atoms with van der Waals surface area (Å²) < 4.78 is 1.40. The Bertz CT molecular complexity index is 1090. The van der Waals surface area contributed by atoms with Crippen molar-refractivity contribution in [3.63, 3.8) is 0 Å². The van der Waals surface area contributed by atoms with Crippen LogP contribution in [0.2, 0.25) is 0 Å². The summed E-state index contributed by atoms with van der Waals surface area (Å²) in [6.45, 7) is -0.0267. The molecule has 3 heterocycles. The number of tetrazole rings is 1. The molecule has 188 valence electrons. The van der Waals surface area contributed by atoms with Crippen molar-refractivity contribution in [1.82, 2.24) is 30.0 Å². The first-order valence-corrected chi connectivity index (χ1v) is 13.0. The average molecular weight is 523 g/mol. The van der Waals surface area contributed by atoms with Crippen LogP contribution in [0.15, 0.2) is 29.1 Å². The summed E-state index contributed by atoms with van der Waals surface area (Å²) in [6, 6.07) is -0.700. The van der Waals surface area contributed by atoms with Gasteiger partial charge in [0.2, 0.25) is 22.9 Å². The molecule has 4 rings (SSSR count). The smallest absolute Gasteiger partial charge is 0.313 e. The van der Waals surface area contributed by atoms with Gasteiger partial charge in [-0.2, -0.15) is 0 Å². The predicted octanol–water partition coefficient (Wildman–Crippen LogP) is -0.983. The van der Waals surface area contributed by atoms with Gasteiger partial charge in [0.25, 0.3) is 0 Å². The maximum absolute atomic E-state index is 13.2. The van der Waals surface area contributed by atoms with Crippen LogP contribution in [0.3, 0.4) is 0 Å². The lowest BCUT2D eigenvalue weighted by atomic mass is 9.88. The minimum atomic E-state index is -1.23. The molecule has 15 heteroatoms. The molecule has 0 aromatic carbocycles. The number of aryl methyl sites for hydroxylation is 1. The van der Waals surface area contributed by atoms with Crippen LogP contribution < -0.4 is 11.5 Å². The normalized spacial score (nSPS) is 25.5. The van der Waals surface area contributed by atoms with E-state index in [0.29, 0.717) is 18.0 Å². The van der Waals surface area contributed by atoms with Crippen molar-refractivity contribution < 1.29 is 24.3 Å². The fourth-order valence-corrected chi connectivity index (χ4v) is 7.03. The van der Waals surface area contributed by atoms with E-state index in [2.05, 4.69) is 15.5 Å². The van der Waals surface area contributed by atoms with Crippen molar-refractivity contribution in [2.75, 3.05) is 24.6 Å². The first-order valence-electron chi connectivity index (χ1n) is 11.0. The summed E-state index contributed by atoms with van der Waals surface area (Å²) in [5.74, 6) is -1.79. The van der Waals surface area contributed by atoms with Crippen molar-refractivity contribution >= 4 is 47.2 Å². The molecule has 2 saturated heterocycles. The summed E-state index contributed by atoms with van der Waals surface area (Å²) >= 11 is 2.50. The van der Waals surface area contributed by atoms with Gasteiger partial charge in [0.1, 0.15) is 16.8 Å². The van der Waals surface area contributed by atoms with E-state index >= 15 is 0 Å². The third kappa shape index (κ3) is 4.92. The summed E-state index contributed by atoms with van der Waals surface area (Å²) in [4.78, 5) is 52.3. The molecule has 1 aliphatic carbocycles. The summed E-state index contributed by atoms with van der Waals surface area (Å²) in [6.07, 6.45) is 7.11. The number of carboxylic acids is 1. The van der Waals surface area contributed by atoms with Gasteiger partial charge in [-0.25, -0.2) is 4.68 Å². The highest BCUT2D eigenvalue weighted by Gasteiger charge is 2.59. The largest absolute Gasteiger partial charge is 0.481 e. The number of aliphatic carboxylic acids is 1. The molecule has 1 aromatic heterocycles. The molecular weight excluding hydrogens is 496 g/mol. The Morgan fingerprint density at radius 3 is 2.80 bits per heavy atom. The van der Waals surface area contributed by atoms with Crippen LogP contribution in [0, 0.1) is 5.41 Å². The van der Waals surface area contributed by atoms with E-state index in [0.717, 1.165) is 17.5 Å². The molecule has 2 unspecified atom stereocenters. The minimum absolute atomic E-state index is 0.00872. The van der Waals surface area contributed by atoms with Gasteiger partial charge in [-0.1, -0.05) is 30.0 Å². The SMILES string of the molecule is NCC(=O)N(C1=CCC=CC1)C1C(=O)N2CC(CSc3nnnn3CCC(N)=O)(C(=O)O)CS[C@H]12. The van der Waals surface area contributed by atoms with E-state index in [-0.39, 0.29) is 54.7 Å². The molecule has 0 radical (unpaired) electrons. The molecule has 2 aliphatic heterocycles. The number of thioether (sulfide) groups is 2. The molecule has 3 atom stereocenters. The fraction of sp³-hybridized carbons (Fsp3) is 0.550. The molecule has 35 heavy (non-hydrogen) atoms. The van der Waals surface area contributed by atoms with Crippen molar-refractivity contribution in [1.29, 1.82) is 0 Å². The Labute approximate surface area is 209 Å². The number of carbonyl (C=O) groups is 4. The molecule has 13 nitrogen and oxygen atoms in total. The fourth-order valence-electron chi connectivity index (χ4n) is 4.22. The molecule has 0 saturated carbocycles. The lowest BCUT2D eigenvalue weighted by molar-refractivity contribution is -0.163. The first-order chi connectivity index (χ1) is 16.8. The van der Waals surface area contributed by atoms with Gasteiger partial charge in [0.05, 0.1) is 13.1 Å². The summed E-state index contributed by atoms with van der Waals surface area (Å²) in [5.41, 5.74) is 10.3. The van der Waals surface area contributed by atoms with Gasteiger partial charge in [-0.3, -0.25) is 24.1 Å². The zero-order chi connectivity index (χ0) is 25.2.